The lowest BCUT2D eigenvalue weighted by Crippen LogP contribution is -2.25. The van der Waals surface area contributed by atoms with Crippen molar-refractivity contribution in [3.8, 4) is 0 Å². The number of ketones is 1. The summed E-state index contributed by atoms with van der Waals surface area (Å²) in [4.78, 5) is 11.8. The first-order chi connectivity index (χ1) is 7.75. The quantitative estimate of drug-likeness (QED) is 0.732. The zero-order chi connectivity index (χ0) is 11.4. The Balaban J connectivity index is 1.65. The molecule has 0 N–H and O–H groups in total. The Bertz CT molecular complexity index is 223. The van der Waals surface area contributed by atoms with Gasteiger partial charge in [-0.3, -0.25) is 4.79 Å². The summed E-state index contributed by atoms with van der Waals surface area (Å²) in [5, 5.41) is 0. The van der Waals surface area contributed by atoms with Crippen LogP contribution in [0.1, 0.15) is 58.3 Å². The summed E-state index contributed by atoms with van der Waals surface area (Å²) in [6.45, 7) is 2.68. The highest BCUT2D eigenvalue weighted by atomic mass is 16.5. The molecule has 0 aromatic heterocycles. The van der Waals surface area contributed by atoms with Gasteiger partial charge >= 0.3 is 0 Å². The van der Waals surface area contributed by atoms with Crippen LogP contribution in [-0.2, 0) is 9.53 Å². The van der Waals surface area contributed by atoms with E-state index in [-0.39, 0.29) is 0 Å². The minimum absolute atomic E-state index is 0.322. The summed E-state index contributed by atoms with van der Waals surface area (Å²) in [5.74, 6) is 1.53. The summed E-state index contributed by atoms with van der Waals surface area (Å²) in [7, 11) is 0. The van der Waals surface area contributed by atoms with Crippen LogP contribution in [0.3, 0.4) is 0 Å². The highest BCUT2D eigenvalue weighted by Gasteiger charge is 2.24. The average molecular weight is 224 g/mol. The maximum atomic E-state index is 11.8. The number of carbonyl (C=O) groups is 1. The highest BCUT2D eigenvalue weighted by Crippen LogP contribution is 2.28. The fraction of sp³-hybridized carbons (Fsp3) is 0.929. The fourth-order valence-electron chi connectivity index (χ4n) is 2.96. The number of hydrogen-bond donors (Lipinski definition) is 0. The molecule has 16 heavy (non-hydrogen) atoms. The predicted molar refractivity (Wildman–Crippen MR) is 64.3 cm³/mol. The van der Waals surface area contributed by atoms with Crippen LogP contribution in [0.25, 0.3) is 0 Å². The third kappa shape index (κ3) is 3.31. The second kappa shape index (κ2) is 5.81. The van der Waals surface area contributed by atoms with E-state index in [1.165, 1.54) is 25.7 Å². The van der Waals surface area contributed by atoms with Crippen molar-refractivity contribution < 1.29 is 9.53 Å². The molecule has 2 aliphatic rings. The molecule has 2 nitrogen and oxygen atoms in total. The molecule has 0 unspecified atom stereocenters. The standard InChI is InChI=1S/C14H24O2/c1-11-6-8-13(9-7-11)16-10-14(15)12-4-2-3-5-12/h11-13H,2-10H2,1H3. The zero-order valence-electron chi connectivity index (χ0n) is 10.4. The Kier molecular flexibility index (Phi) is 4.39. The molecule has 0 spiro atoms. The minimum Gasteiger partial charge on any atom is -0.370 e. The van der Waals surface area contributed by atoms with Crippen molar-refractivity contribution in [3.05, 3.63) is 0 Å². The third-order valence-electron chi connectivity index (χ3n) is 4.23. The molecule has 0 amide bonds. The van der Waals surface area contributed by atoms with Crippen LogP contribution >= 0.6 is 0 Å². The van der Waals surface area contributed by atoms with Gasteiger partial charge in [-0.1, -0.05) is 19.8 Å². The van der Waals surface area contributed by atoms with E-state index in [2.05, 4.69) is 6.92 Å². The van der Waals surface area contributed by atoms with Crippen molar-refractivity contribution in [1.82, 2.24) is 0 Å². The Morgan fingerprint density at radius 2 is 1.69 bits per heavy atom. The van der Waals surface area contributed by atoms with E-state index in [1.807, 2.05) is 0 Å². The lowest BCUT2D eigenvalue weighted by molar-refractivity contribution is -0.130. The highest BCUT2D eigenvalue weighted by molar-refractivity contribution is 5.82. The number of rotatable bonds is 4. The minimum atomic E-state index is 0.322. The van der Waals surface area contributed by atoms with E-state index in [9.17, 15) is 4.79 Å². The average Bonchev–Trinajstić information content (AvgIpc) is 2.81. The molecular formula is C14H24O2. The van der Waals surface area contributed by atoms with Crippen molar-refractivity contribution in [3.63, 3.8) is 0 Å². The Morgan fingerprint density at radius 3 is 2.31 bits per heavy atom. The van der Waals surface area contributed by atoms with Crippen molar-refractivity contribution in [2.75, 3.05) is 6.61 Å². The van der Waals surface area contributed by atoms with Crippen molar-refractivity contribution in [1.29, 1.82) is 0 Å². The monoisotopic (exact) mass is 224 g/mol. The molecular weight excluding hydrogens is 200 g/mol. The van der Waals surface area contributed by atoms with Gasteiger partial charge in [0.25, 0.3) is 0 Å². The van der Waals surface area contributed by atoms with Crippen LogP contribution in [0.2, 0.25) is 0 Å². The van der Waals surface area contributed by atoms with Crippen molar-refractivity contribution in [2.45, 2.75) is 64.4 Å². The number of hydrogen-bond acceptors (Lipinski definition) is 2. The fourth-order valence-corrected chi connectivity index (χ4v) is 2.96. The van der Waals surface area contributed by atoms with Gasteiger partial charge in [-0.2, -0.15) is 0 Å². The van der Waals surface area contributed by atoms with Gasteiger partial charge in [0.05, 0.1) is 6.10 Å². The summed E-state index contributed by atoms with van der Waals surface area (Å²) < 4.78 is 5.76. The van der Waals surface area contributed by atoms with Crippen molar-refractivity contribution >= 4 is 5.78 Å². The van der Waals surface area contributed by atoms with Gasteiger partial charge in [-0.05, 0) is 44.4 Å². The molecule has 2 saturated carbocycles. The normalized spacial score (nSPS) is 31.8. The van der Waals surface area contributed by atoms with Gasteiger partial charge in [-0.25, -0.2) is 0 Å². The van der Waals surface area contributed by atoms with Crippen molar-refractivity contribution in [2.24, 2.45) is 11.8 Å². The molecule has 2 fully saturated rings. The van der Waals surface area contributed by atoms with Crippen LogP contribution < -0.4 is 0 Å². The molecule has 0 saturated heterocycles. The Morgan fingerprint density at radius 1 is 1.06 bits per heavy atom. The molecule has 0 radical (unpaired) electrons. The lowest BCUT2D eigenvalue weighted by atomic mass is 9.89. The summed E-state index contributed by atoms with van der Waals surface area (Å²) >= 11 is 0. The van der Waals surface area contributed by atoms with E-state index in [1.54, 1.807) is 0 Å². The predicted octanol–water partition coefficient (Wildman–Crippen LogP) is 3.34. The Hall–Kier alpha value is -0.370. The SMILES string of the molecule is CC1CCC(OCC(=O)C2CCCC2)CC1. The first kappa shape index (κ1) is 12.1. The molecule has 0 aliphatic heterocycles. The largest absolute Gasteiger partial charge is 0.370 e. The van der Waals surface area contributed by atoms with E-state index in [0.29, 0.717) is 24.4 Å². The molecule has 0 atom stereocenters. The maximum absolute atomic E-state index is 11.8. The van der Waals surface area contributed by atoms with Crippen LogP contribution in [0.5, 0.6) is 0 Å². The molecule has 2 aliphatic carbocycles. The van der Waals surface area contributed by atoms with Gasteiger partial charge in [0, 0.05) is 5.92 Å². The topological polar surface area (TPSA) is 26.3 Å². The summed E-state index contributed by atoms with van der Waals surface area (Å²) in [6.07, 6.45) is 9.87. The van der Waals surface area contributed by atoms with E-state index in [4.69, 9.17) is 4.74 Å². The van der Waals surface area contributed by atoms with Gasteiger partial charge in [0.15, 0.2) is 5.78 Å². The first-order valence-electron chi connectivity index (χ1n) is 6.90. The molecule has 92 valence electrons. The van der Waals surface area contributed by atoms with Crippen LogP contribution in [0.4, 0.5) is 0 Å². The van der Waals surface area contributed by atoms with Gasteiger partial charge in [-0.15, -0.1) is 0 Å². The molecule has 0 heterocycles. The number of carbonyl (C=O) groups excluding carboxylic acids is 1. The number of Topliss-reactive ketones (excluding diaryl/α,β-unsaturated/α-hetero) is 1. The second-order valence-corrected chi connectivity index (χ2v) is 5.64. The maximum Gasteiger partial charge on any atom is 0.161 e. The molecule has 0 aromatic rings. The first-order valence-corrected chi connectivity index (χ1v) is 6.90. The van der Waals surface area contributed by atoms with Crippen LogP contribution in [0, 0.1) is 11.8 Å². The molecule has 2 heteroatoms. The van der Waals surface area contributed by atoms with E-state index >= 15 is 0 Å². The zero-order valence-corrected chi connectivity index (χ0v) is 10.4. The van der Waals surface area contributed by atoms with Gasteiger partial charge in [0.1, 0.15) is 6.61 Å². The number of ether oxygens (including phenoxy) is 1. The second-order valence-electron chi connectivity index (χ2n) is 5.64. The third-order valence-corrected chi connectivity index (χ3v) is 4.23. The van der Waals surface area contributed by atoms with E-state index in [0.717, 1.165) is 31.6 Å². The summed E-state index contributed by atoms with van der Waals surface area (Å²) in [5.41, 5.74) is 0. The lowest BCUT2D eigenvalue weighted by Gasteiger charge is -2.26. The molecule has 0 bridgehead atoms. The van der Waals surface area contributed by atoms with Gasteiger partial charge in [0.2, 0.25) is 0 Å². The summed E-state index contributed by atoms with van der Waals surface area (Å²) in [6, 6.07) is 0. The smallest absolute Gasteiger partial charge is 0.161 e. The molecule has 2 rings (SSSR count). The Labute approximate surface area is 98.7 Å². The molecule has 0 aromatic carbocycles. The van der Waals surface area contributed by atoms with Crippen LogP contribution in [-0.4, -0.2) is 18.5 Å². The van der Waals surface area contributed by atoms with Crippen LogP contribution in [0.15, 0.2) is 0 Å². The van der Waals surface area contributed by atoms with Gasteiger partial charge < -0.3 is 4.74 Å². The van der Waals surface area contributed by atoms with E-state index < -0.39 is 0 Å².